The number of nitrogens with one attached hydrogen (secondary N) is 1. The van der Waals surface area contributed by atoms with E-state index in [2.05, 4.69) is 15.0 Å². The highest BCUT2D eigenvalue weighted by molar-refractivity contribution is 6.02. The minimum atomic E-state index is -0.817. The van der Waals surface area contributed by atoms with Gasteiger partial charge in [0.15, 0.2) is 5.65 Å². The summed E-state index contributed by atoms with van der Waals surface area (Å²) in [6.07, 6.45) is 6.24. The van der Waals surface area contributed by atoms with Gasteiger partial charge in [0.2, 0.25) is 0 Å². The monoisotopic (exact) mass is 378 g/mol. The van der Waals surface area contributed by atoms with E-state index in [1.165, 1.54) is 12.1 Å². The molecule has 0 unspecified atom stereocenters. The van der Waals surface area contributed by atoms with Gasteiger partial charge in [-0.25, -0.2) is 9.97 Å². The highest BCUT2D eigenvalue weighted by Crippen LogP contribution is 2.22. The first-order valence-electron chi connectivity index (χ1n) is 8.57. The van der Waals surface area contributed by atoms with Crippen molar-refractivity contribution in [3.63, 3.8) is 0 Å². The molecule has 0 aliphatic carbocycles. The molecule has 3 heterocycles. The average molecular weight is 378 g/mol. The van der Waals surface area contributed by atoms with Gasteiger partial charge in [0.05, 0.1) is 18.5 Å². The Morgan fingerprint density at radius 3 is 3.00 bits per heavy atom. The molecule has 0 aliphatic heterocycles. The summed E-state index contributed by atoms with van der Waals surface area (Å²) in [5.41, 5.74) is 7.63. The number of nitriles is 1. The predicted molar refractivity (Wildman–Crippen MR) is 103 cm³/mol. The fourth-order valence-electron chi connectivity index (χ4n) is 2.64. The van der Waals surface area contributed by atoms with E-state index >= 15 is 0 Å². The highest BCUT2D eigenvalue weighted by atomic mass is 16.5. The van der Waals surface area contributed by atoms with Crippen molar-refractivity contribution in [3.05, 3.63) is 52.2 Å². The van der Waals surface area contributed by atoms with Gasteiger partial charge in [-0.05, 0) is 19.1 Å². The van der Waals surface area contributed by atoms with Crippen LogP contribution in [0.4, 0.5) is 0 Å². The number of pyridine rings is 1. The summed E-state index contributed by atoms with van der Waals surface area (Å²) < 4.78 is 6.86. The number of nitrogens with zero attached hydrogens (tertiary/aromatic N) is 4. The number of primary amides is 1. The van der Waals surface area contributed by atoms with Crippen molar-refractivity contribution in [2.24, 2.45) is 5.73 Å². The number of amides is 1. The first kappa shape index (κ1) is 19.0. The van der Waals surface area contributed by atoms with Crippen LogP contribution in [0.2, 0.25) is 0 Å². The van der Waals surface area contributed by atoms with Crippen molar-refractivity contribution in [2.75, 3.05) is 13.2 Å². The average Bonchev–Trinajstić information content (AvgIpc) is 3.09. The molecule has 0 aromatic carbocycles. The zero-order chi connectivity index (χ0) is 20.1. The van der Waals surface area contributed by atoms with E-state index in [0.29, 0.717) is 47.7 Å². The second kappa shape index (κ2) is 8.28. The van der Waals surface area contributed by atoms with Crippen LogP contribution in [0.15, 0.2) is 41.1 Å². The van der Waals surface area contributed by atoms with Crippen LogP contribution in [-0.2, 0) is 16.1 Å². The number of aromatic nitrogens is 4. The molecule has 9 heteroatoms. The smallest absolute Gasteiger partial charge is 0.259 e. The zero-order valence-electron chi connectivity index (χ0n) is 15.2. The van der Waals surface area contributed by atoms with E-state index in [1.807, 2.05) is 6.92 Å². The molecule has 3 rings (SSSR count). The number of aromatic amines is 1. The van der Waals surface area contributed by atoms with Gasteiger partial charge in [-0.2, -0.15) is 5.26 Å². The maximum Gasteiger partial charge on any atom is 0.259 e. The van der Waals surface area contributed by atoms with Gasteiger partial charge in [-0.3, -0.25) is 9.59 Å². The van der Waals surface area contributed by atoms with E-state index in [-0.39, 0.29) is 11.1 Å². The van der Waals surface area contributed by atoms with Crippen LogP contribution < -0.4 is 11.3 Å². The summed E-state index contributed by atoms with van der Waals surface area (Å²) in [6, 6.07) is 4.90. The van der Waals surface area contributed by atoms with Gasteiger partial charge in [0.1, 0.15) is 17.2 Å². The van der Waals surface area contributed by atoms with E-state index in [0.717, 1.165) is 0 Å². The zero-order valence-corrected chi connectivity index (χ0v) is 15.2. The minimum Gasteiger partial charge on any atom is -0.380 e. The molecule has 3 aromatic rings. The van der Waals surface area contributed by atoms with Crippen molar-refractivity contribution in [2.45, 2.75) is 13.5 Å². The molecule has 0 radical (unpaired) electrons. The summed E-state index contributed by atoms with van der Waals surface area (Å²) >= 11 is 0. The van der Waals surface area contributed by atoms with Crippen LogP contribution in [0.1, 0.15) is 12.5 Å². The summed E-state index contributed by atoms with van der Waals surface area (Å²) in [6.45, 7) is 3.33. The standard InChI is InChI=1S/C19H18N6O3/c1-2-28-6-5-25-11-12(3-4-16(25)26)15-10-23-19-17(24-15)14(9-22-19)7-13(8-20)18(21)27/h3-4,7,9-11H,2,5-6H2,1H3,(H2,21,27)(H,22,23). The summed E-state index contributed by atoms with van der Waals surface area (Å²) in [5.74, 6) is -0.817. The number of hydrogen-bond donors (Lipinski definition) is 2. The summed E-state index contributed by atoms with van der Waals surface area (Å²) in [7, 11) is 0. The fourth-order valence-corrected chi connectivity index (χ4v) is 2.64. The van der Waals surface area contributed by atoms with E-state index in [1.54, 1.807) is 35.3 Å². The number of carbonyl (C=O) groups excluding carboxylic acids is 1. The van der Waals surface area contributed by atoms with E-state index < -0.39 is 5.91 Å². The Morgan fingerprint density at radius 2 is 2.29 bits per heavy atom. The minimum absolute atomic E-state index is 0.136. The normalized spacial score (nSPS) is 11.5. The van der Waals surface area contributed by atoms with E-state index in [4.69, 9.17) is 15.7 Å². The van der Waals surface area contributed by atoms with E-state index in [9.17, 15) is 9.59 Å². The topological polar surface area (TPSA) is 140 Å². The van der Waals surface area contributed by atoms with Crippen molar-refractivity contribution in [1.29, 1.82) is 5.26 Å². The van der Waals surface area contributed by atoms with Crippen LogP contribution in [-0.4, -0.2) is 38.6 Å². The Kier molecular flexibility index (Phi) is 5.62. The van der Waals surface area contributed by atoms with Crippen LogP contribution >= 0.6 is 0 Å². The Hall–Kier alpha value is -3.77. The third-order valence-corrected chi connectivity index (χ3v) is 4.06. The number of rotatable bonds is 7. The molecule has 0 bridgehead atoms. The third kappa shape index (κ3) is 3.97. The lowest BCUT2D eigenvalue weighted by Gasteiger charge is -2.08. The molecule has 142 valence electrons. The molecule has 0 spiro atoms. The lowest BCUT2D eigenvalue weighted by Crippen LogP contribution is -2.21. The third-order valence-electron chi connectivity index (χ3n) is 4.06. The summed E-state index contributed by atoms with van der Waals surface area (Å²) in [4.78, 5) is 35.2. The van der Waals surface area contributed by atoms with Crippen molar-refractivity contribution in [3.8, 4) is 17.3 Å². The second-order valence-electron chi connectivity index (χ2n) is 5.88. The lowest BCUT2D eigenvalue weighted by molar-refractivity contribution is -0.114. The van der Waals surface area contributed by atoms with Gasteiger partial charge in [0, 0.05) is 42.7 Å². The number of nitrogens with two attached hydrogens (primary N) is 1. The molecular weight excluding hydrogens is 360 g/mol. The van der Waals surface area contributed by atoms with Crippen LogP contribution in [0, 0.1) is 11.3 Å². The number of fused-ring (bicyclic) bond motifs is 1. The van der Waals surface area contributed by atoms with Gasteiger partial charge in [-0.1, -0.05) is 0 Å². The Labute approximate surface area is 160 Å². The second-order valence-corrected chi connectivity index (χ2v) is 5.88. The Bertz CT molecular complexity index is 1150. The number of ether oxygens (including phenoxy) is 1. The van der Waals surface area contributed by atoms with Crippen molar-refractivity contribution in [1.82, 2.24) is 19.5 Å². The maximum atomic E-state index is 12.0. The molecule has 1 amide bonds. The molecule has 28 heavy (non-hydrogen) atoms. The van der Waals surface area contributed by atoms with Gasteiger partial charge >= 0.3 is 0 Å². The predicted octanol–water partition coefficient (Wildman–Crippen LogP) is 1.22. The molecule has 0 atom stereocenters. The summed E-state index contributed by atoms with van der Waals surface area (Å²) in [5, 5.41) is 9.04. The molecule has 0 aliphatic rings. The first-order chi connectivity index (χ1) is 13.5. The molecule has 0 fully saturated rings. The molecule has 3 N–H and O–H groups in total. The molecular formula is C19H18N6O3. The van der Waals surface area contributed by atoms with Crippen molar-refractivity contribution >= 4 is 23.1 Å². The quantitative estimate of drug-likeness (QED) is 0.360. The van der Waals surface area contributed by atoms with Gasteiger partial charge in [-0.15, -0.1) is 0 Å². The number of H-pyrrole nitrogens is 1. The van der Waals surface area contributed by atoms with Gasteiger partial charge < -0.3 is 20.0 Å². The molecule has 3 aromatic heterocycles. The first-order valence-corrected chi connectivity index (χ1v) is 8.57. The van der Waals surface area contributed by atoms with Crippen LogP contribution in [0.5, 0.6) is 0 Å². The van der Waals surface area contributed by atoms with Crippen molar-refractivity contribution < 1.29 is 9.53 Å². The SMILES string of the molecule is CCOCCn1cc(-c2cnc3[nH]cc(C=C(C#N)C(N)=O)c3n2)ccc1=O. The maximum absolute atomic E-state index is 12.0. The molecule has 0 saturated heterocycles. The van der Waals surface area contributed by atoms with Crippen LogP contribution in [0.3, 0.4) is 0 Å². The number of hydrogen-bond acceptors (Lipinski definition) is 6. The fraction of sp³-hybridized carbons (Fsp3) is 0.211. The van der Waals surface area contributed by atoms with Crippen LogP contribution in [0.25, 0.3) is 28.5 Å². The largest absolute Gasteiger partial charge is 0.380 e. The Balaban J connectivity index is 2.02. The van der Waals surface area contributed by atoms with Gasteiger partial charge in [0.25, 0.3) is 11.5 Å². The highest BCUT2D eigenvalue weighted by Gasteiger charge is 2.11. The Morgan fingerprint density at radius 1 is 1.46 bits per heavy atom. The number of carbonyl (C=O) groups is 1. The lowest BCUT2D eigenvalue weighted by atomic mass is 10.1. The molecule has 0 saturated carbocycles. The molecule has 9 nitrogen and oxygen atoms in total.